The number of pyridine rings is 1. The van der Waals surface area contributed by atoms with Gasteiger partial charge in [-0.15, -0.1) is 0 Å². The van der Waals surface area contributed by atoms with Gasteiger partial charge in [0.05, 0.1) is 6.54 Å². The Morgan fingerprint density at radius 2 is 2.39 bits per heavy atom. The molecule has 2 aromatic rings. The van der Waals surface area contributed by atoms with Gasteiger partial charge >= 0.3 is 6.09 Å². The molecular formula is C10H8BrF2N3O2. The number of fused-ring (bicyclic) bond motifs is 1. The summed E-state index contributed by atoms with van der Waals surface area (Å²) in [5.74, 6) is 0.182. The van der Waals surface area contributed by atoms with Crippen LogP contribution in [0.25, 0.3) is 5.65 Å². The standard InChI is InChI=1S/C10H8BrF2N3O2/c11-6-3-7(9-14-1-2-16(9)5-6)18-10(17)15-4-8(12)13/h1-3,5,8H,4H2,(H,15,17). The second-order valence-corrected chi connectivity index (χ2v) is 4.26. The van der Waals surface area contributed by atoms with E-state index in [4.69, 9.17) is 4.74 Å². The van der Waals surface area contributed by atoms with Crippen LogP contribution in [0.5, 0.6) is 5.75 Å². The fraction of sp³-hybridized carbons (Fsp3) is 0.200. The smallest absolute Gasteiger partial charge is 0.406 e. The van der Waals surface area contributed by atoms with E-state index in [0.29, 0.717) is 10.1 Å². The van der Waals surface area contributed by atoms with Gasteiger partial charge in [0.1, 0.15) is 0 Å². The Morgan fingerprint density at radius 3 is 3.11 bits per heavy atom. The highest BCUT2D eigenvalue weighted by atomic mass is 79.9. The van der Waals surface area contributed by atoms with Crippen LogP contribution in [0, 0.1) is 0 Å². The van der Waals surface area contributed by atoms with E-state index in [0.717, 1.165) is 0 Å². The zero-order valence-electron chi connectivity index (χ0n) is 8.94. The first-order chi connectivity index (χ1) is 8.56. The minimum atomic E-state index is -2.62. The third kappa shape index (κ3) is 2.95. The molecule has 0 aliphatic carbocycles. The summed E-state index contributed by atoms with van der Waals surface area (Å²) in [6.07, 6.45) is 1.37. The number of hydrogen-bond acceptors (Lipinski definition) is 3. The number of halogens is 3. The average molecular weight is 320 g/mol. The molecule has 0 aromatic carbocycles. The summed E-state index contributed by atoms with van der Waals surface area (Å²) in [6, 6.07) is 1.53. The van der Waals surface area contributed by atoms with E-state index in [9.17, 15) is 13.6 Å². The Bertz CT molecular complexity index is 573. The number of nitrogens with zero attached hydrogens (tertiary/aromatic N) is 2. The van der Waals surface area contributed by atoms with Crippen molar-refractivity contribution < 1.29 is 18.3 Å². The van der Waals surface area contributed by atoms with E-state index in [1.807, 2.05) is 5.32 Å². The first-order valence-electron chi connectivity index (χ1n) is 4.92. The van der Waals surface area contributed by atoms with E-state index >= 15 is 0 Å². The van der Waals surface area contributed by atoms with Crippen LogP contribution >= 0.6 is 15.9 Å². The zero-order valence-corrected chi connectivity index (χ0v) is 10.5. The van der Waals surface area contributed by atoms with Crippen LogP contribution in [0.15, 0.2) is 29.1 Å². The number of rotatable bonds is 3. The van der Waals surface area contributed by atoms with Crippen molar-refractivity contribution in [3.05, 3.63) is 29.1 Å². The van der Waals surface area contributed by atoms with E-state index < -0.39 is 19.1 Å². The Hall–Kier alpha value is -1.70. The third-order valence-electron chi connectivity index (χ3n) is 2.02. The van der Waals surface area contributed by atoms with E-state index in [2.05, 4.69) is 20.9 Å². The second-order valence-electron chi connectivity index (χ2n) is 3.34. The molecule has 18 heavy (non-hydrogen) atoms. The molecule has 2 rings (SSSR count). The molecular weight excluding hydrogens is 312 g/mol. The zero-order chi connectivity index (χ0) is 13.1. The summed E-state index contributed by atoms with van der Waals surface area (Å²) in [4.78, 5) is 15.3. The fourth-order valence-corrected chi connectivity index (χ4v) is 1.77. The number of ether oxygens (including phenoxy) is 1. The summed E-state index contributed by atoms with van der Waals surface area (Å²) in [5, 5.41) is 1.94. The maximum Gasteiger partial charge on any atom is 0.412 e. The van der Waals surface area contributed by atoms with Gasteiger partial charge in [-0.3, -0.25) is 0 Å². The summed E-state index contributed by atoms with van der Waals surface area (Å²) >= 11 is 3.24. The van der Waals surface area contributed by atoms with Gasteiger partial charge in [0, 0.05) is 29.1 Å². The Balaban J connectivity index is 2.15. The Kier molecular flexibility index (Phi) is 3.75. The molecule has 0 aliphatic rings. The quantitative estimate of drug-likeness (QED) is 0.945. The van der Waals surface area contributed by atoms with Gasteiger partial charge in [-0.2, -0.15) is 0 Å². The lowest BCUT2D eigenvalue weighted by Crippen LogP contribution is -2.31. The monoisotopic (exact) mass is 319 g/mol. The molecule has 0 fully saturated rings. The van der Waals surface area contributed by atoms with Crippen molar-refractivity contribution in [2.45, 2.75) is 6.43 Å². The van der Waals surface area contributed by atoms with E-state index in [1.54, 1.807) is 16.8 Å². The van der Waals surface area contributed by atoms with Crippen molar-refractivity contribution in [1.82, 2.24) is 14.7 Å². The molecule has 0 saturated carbocycles. The summed E-state index contributed by atoms with van der Waals surface area (Å²) in [6.45, 7) is -0.752. The minimum absolute atomic E-state index is 0.182. The molecule has 0 bridgehead atoms. The number of carbonyl (C=O) groups excluding carboxylic acids is 1. The predicted molar refractivity (Wildman–Crippen MR) is 62.9 cm³/mol. The number of aromatic nitrogens is 2. The van der Waals surface area contributed by atoms with Crippen molar-refractivity contribution in [2.75, 3.05) is 6.54 Å². The molecule has 96 valence electrons. The highest BCUT2D eigenvalue weighted by Crippen LogP contribution is 2.23. The molecule has 2 aromatic heterocycles. The molecule has 2 heterocycles. The van der Waals surface area contributed by atoms with Gasteiger partial charge in [0.15, 0.2) is 11.4 Å². The summed E-state index contributed by atoms with van der Waals surface area (Å²) < 4.78 is 31.0. The topological polar surface area (TPSA) is 55.6 Å². The lowest BCUT2D eigenvalue weighted by Gasteiger charge is -2.07. The number of amides is 1. The average Bonchev–Trinajstić information content (AvgIpc) is 2.74. The van der Waals surface area contributed by atoms with Crippen molar-refractivity contribution in [3.8, 4) is 5.75 Å². The van der Waals surface area contributed by atoms with Gasteiger partial charge in [-0.25, -0.2) is 18.6 Å². The molecule has 5 nitrogen and oxygen atoms in total. The SMILES string of the molecule is O=C(NCC(F)F)Oc1cc(Br)cn2ccnc12. The van der Waals surface area contributed by atoms with Gasteiger partial charge in [0.25, 0.3) is 6.43 Å². The molecule has 0 aliphatic heterocycles. The van der Waals surface area contributed by atoms with Gasteiger partial charge in [0.2, 0.25) is 0 Å². The Morgan fingerprint density at radius 1 is 1.61 bits per heavy atom. The van der Waals surface area contributed by atoms with Gasteiger partial charge in [-0.1, -0.05) is 0 Å². The van der Waals surface area contributed by atoms with Crippen LogP contribution in [0.1, 0.15) is 0 Å². The molecule has 8 heteroatoms. The van der Waals surface area contributed by atoms with Crippen LogP contribution < -0.4 is 10.1 Å². The number of carbonyl (C=O) groups is 1. The van der Waals surface area contributed by atoms with Crippen LogP contribution in [-0.4, -0.2) is 28.4 Å². The van der Waals surface area contributed by atoms with Crippen LogP contribution in [0.4, 0.5) is 13.6 Å². The van der Waals surface area contributed by atoms with Crippen LogP contribution in [-0.2, 0) is 0 Å². The molecule has 1 N–H and O–H groups in total. The third-order valence-corrected chi connectivity index (χ3v) is 2.46. The first-order valence-corrected chi connectivity index (χ1v) is 5.71. The molecule has 0 unspecified atom stereocenters. The summed E-state index contributed by atoms with van der Waals surface area (Å²) in [5.41, 5.74) is 0.422. The highest BCUT2D eigenvalue weighted by Gasteiger charge is 2.12. The molecule has 0 saturated heterocycles. The second kappa shape index (κ2) is 5.30. The van der Waals surface area contributed by atoms with Gasteiger partial charge in [-0.05, 0) is 15.9 Å². The largest absolute Gasteiger partial charge is 0.412 e. The summed E-state index contributed by atoms with van der Waals surface area (Å²) in [7, 11) is 0. The molecule has 0 spiro atoms. The molecule has 1 amide bonds. The Labute approximate surface area is 109 Å². The molecule has 0 atom stereocenters. The fourth-order valence-electron chi connectivity index (χ4n) is 1.34. The van der Waals surface area contributed by atoms with Crippen LogP contribution in [0.3, 0.4) is 0 Å². The van der Waals surface area contributed by atoms with E-state index in [-0.39, 0.29) is 5.75 Å². The minimum Gasteiger partial charge on any atom is -0.406 e. The lowest BCUT2D eigenvalue weighted by atomic mass is 10.4. The number of hydrogen-bond donors (Lipinski definition) is 1. The van der Waals surface area contributed by atoms with Crippen molar-refractivity contribution in [1.29, 1.82) is 0 Å². The normalized spacial score (nSPS) is 10.9. The van der Waals surface area contributed by atoms with Crippen molar-refractivity contribution in [3.63, 3.8) is 0 Å². The maximum absolute atomic E-state index is 11.9. The maximum atomic E-state index is 11.9. The predicted octanol–water partition coefficient (Wildman–Crippen LogP) is 2.45. The highest BCUT2D eigenvalue weighted by molar-refractivity contribution is 9.10. The number of nitrogens with one attached hydrogen (secondary N) is 1. The van der Waals surface area contributed by atoms with Crippen molar-refractivity contribution in [2.24, 2.45) is 0 Å². The van der Waals surface area contributed by atoms with E-state index in [1.165, 1.54) is 12.3 Å². The van der Waals surface area contributed by atoms with Crippen LogP contribution in [0.2, 0.25) is 0 Å². The number of alkyl halides is 2. The lowest BCUT2D eigenvalue weighted by molar-refractivity contribution is 0.139. The van der Waals surface area contributed by atoms with Gasteiger partial charge < -0.3 is 14.5 Å². The number of imidazole rings is 1. The first kappa shape index (κ1) is 12.7. The van der Waals surface area contributed by atoms with Crippen molar-refractivity contribution >= 4 is 27.7 Å². The molecule has 0 radical (unpaired) electrons.